The highest BCUT2D eigenvalue weighted by molar-refractivity contribution is 5.76. The minimum atomic E-state index is -0.0335. The molecule has 0 unspecified atom stereocenters. The van der Waals surface area contributed by atoms with Crippen molar-refractivity contribution in [1.29, 1.82) is 0 Å². The van der Waals surface area contributed by atoms with E-state index in [1.54, 1.807) is 0 Å². The number of nitrogens with zero attached hydrogens (tertiary/aromatic N) is 4. The van der Waals surface area contributed by atoms with E-state index in [1.165, 1.54) is 0 Å². The first-order valence-corrected chi connectivity index (χ1v) is 8.69. The molecule has 1 aliphatic rings. The Morgan fingerprint density at radius 1 is 1.32 bits per heavy atom. The van der Waals surface area contributed by atoms with Crippen molar-refractivity contribution in [1.82, 2.24) is 20.3 Å². The molecule has 1 aliphatic heterocycles. The third kappa shape index (κ3) is 4.35. The summed E-state index contributed by atoms with van der Waals surface area (Å²) in [6, 6.07) is 3.69. The van der Waals surface area contributed by atoms with Gasteiger partial charge in [-0.3, -0.25) is 4.79 Å². The van der Waals surface area contributed by atoms with Gasteiger partial charge >= 0.3 is 0 Å². The van der Waals surface area contributed by atoms with Crippen LogP contribution in [0.4, 0.5) is 0 Å². The highest BCUT2D eigenvalue weighted by Crippen LogP contribution is 2.19. The van der Waals surface area contributed by atoms with Gasteiger partial charge in [0.2, 0.25) is 11.8 Å². The van der Waals surface area contributed by atoms with E-state index in [4.69, 9.17) is 9.26 Å². The third-order valence-corrected chi connectivity index (χ3v) is 4.56. The summed E-state index contributed by atoms with van der Waals surface area (Å²) in [5.41, 5.74) is 2.75. The molecule has 0 N–H and O–H groups in total. The van der Waals surface area contributed by atoms with Gasteiger partial charge in [-0.1, -0.05) is 5.16 Å². The minimum Gasteiger partial charge on any atom is -0.471 e. The molecule has 0 aliphatic carbocycles. The van der Waals surface area contributed by atoms with Gasteiger partial charge < -0.3 is 14.2 Å². The number of amides is 1. The van der Waals surface area contributed by atoms with Crippen LogP contribution < -0.4 is 4.74 Å². The lowest BCUT2D eigenvalue weighted by Gasteiger charge is -2.32. The molecule has 134 valence electrons. The molecule has 1 atom stereocenters. The minimum absolute atomic E-state index is 0.0335. The Hall–Kier alpha value is -2.44. The Morgan fingerprint density at radius 3 is 2.84 bits per heavy atom. The molecule has 7 heteroatoms. The van der Waals surface area contributed by atoms with Crippen molar-refractivity contribution in [3.8, 4) is 5.88 Å². The largest absolute Gasteiger partial charge is 0.471 e. The third-order valence-electron chi connectivity index (χ3n) is 4.56. The van der Waals surface area contributed by atoms with Crippen molar-refractivity contribution < 1.29 is 14.1 Å². The smallest absolute Gasteiger partial charge is 0.233 e. The number of ether oxygens (including phenoxy) is 1. The molecule has 0 spiro atoms. The summed E-state index contributed by atoms with van der Waals surface area (Å²) >= 11 is 0. The van der Waals surface area contributed by atoms with Gasteiger partial charge in [-0.2, -0.15) is 5.10 Å². The fourth-order valence-electron chi connectivity index (χ4n) is 3.13. The Kier molecular flexibility index (Phi) is 5.31. The number of aryl methyl sites for hydroxylation is 3. The number of piperidine rings is 1. The normalized spacial score (nSPS) is 17.6. The first-order valence-electron chi connectivity index (χ1n) is 8.69. The number of aromatic nitrogens is 3. The maximum Gasteiger partial charge on any atom is 0.233 e. The van der Waals surface area contributed by atoms with Crippen LogP contribution in [0.3, 0.4) is 0 Å². The van der Waals surface area contributed by atoms with Crippen LogP contribution in [-0.4, -0.2) is 45.4 Å². The second-order valence-corrected chi connectivity index (χ2v) is 6.54. The summed E-state index contributed by atoms with van der Waals surface area (Å²) in [4.78, 5) is 14.4. The van der Waals surface area contributed by atoms with Crippen LogP contribution in [0.15, 0.2) is 16.7 Å². The van der Waals surface area contributed by atoms with Crippen LogP contribution >= 0.6 is 0 Å². The molecule has 1 amide bonds. The van der Waals surface area contributed by atoms with Crippen molar-refractivity contribution in [2.24, 2.45) is 0 Å². The van der Waals surface area contributed by atoms with Crippen LogP contribution in [0.2, 0.25) is 0 Å². The second-order valence-electron chi connectivity index (χ2n) is 6.54. The van der Waals surface area contributed by atoms with Crippen LogP contribution in [0, 0.1) is 20.8 Å². The molecule has 1 saturated heterocycles. The standard InChI is InChI=1S/C18H24N4O3/c1-12-6-8-17(20-19-12)24-15-5-4-10-22(11-15)18(23)9-7-16-13(2)21-25-14(16)3/h6,8,15H,4-5,7,9-11H2,1-3H3/t15-/m1/s1. The van der Waals surface area contributed by atoms with Gasteiger partial charge in [0, 0.05) is 24.6 Å². The van der Waals surface area contributed by atoms with Crippen LogP contribution in [0.25, 0.3) is 0 Å². The Morgan fingerprint density at radius 2 is 2.16 bits per heavy atom. The van der Waals surface area contributed by atoms with Gasteiger partial charge in [0.15, 0.2) is 0 Å². The molecule has 2 aromatic heterocycles. The highest BCUT2D eigenvalue weighted by Gasteiger charge is 2.25. The van der Waals surface area contributed by atoms with Crippen molar-refractivity contribution in [2.45, 2.75) is 52.6 Å². The summed E-state index contributed by atoms with van der Waals surface area (Å²) in [6.45, 7) is 7.05. The van der Waals surface area contributed by atoms with E-state index >= 15 is 0 Å². The summed E-state index contributed by atoms with van der Waals surface area (Å²) in [6.07, 6.45) is 2.93. The number of rotatable bonds is 5. The number of carbonyl (C=O) groups is 1. The molecule has 2 aromatic rings. The van der Waals surface area contributed by atoms with Crippen molar-refractivity contribution >= 4 is 5.91 Å². The van der Waals surface area contributed by atoms with Crippen molar-refractivity contribution in [3.63, 3.8) is 0 Å². The van der Waals surface area contributed by atoms with Gasteiger partial charge in [0.05, 0.1) is 17.9 Å². The fraction of sp³-hybridized carbons (Fsp3) is 0.556. The van der Waals surface area contributed by atoms with Crippen molar-refractivity contribution in [2.75, 3.05) is 13.1 Å². The fourth-order valence-corrected chi connectivity index (χ4v) is 3.13. The first-order chi connectivity index (χ1) is 12.0. The SMILES string of the molecule is Cc1ccc(O[C@@H]2CCCN(C(=O)CCc3c(C)noc3C)C2)nn1. The van der Waals surface area contributed by atoms with Gasteiger partial charge in [-0.25, -0.2) is 0 Å². The molecular weight excluding hydrogens is 320 g/mol. The Labute approximate surface area is 147 Å². The summed E-state index contributed by atoms with van der Waals surface area (Å²) in [5.74, 6) is 1.45. The van der Waals surface area contributed by atoms with Gasteiger partial charge in [0.25, 0.3) is 0 Å². The maximum absolute atomic E-state index is 12.5. The van der Waals surface area contributed by atoms with E-state index in [2.05, 4.69) is 15.4 Å². The predicted molar refractivity (Wildman–Crippen MR) is 91.3 cm³/mol. The molecule has 7 nitrogen and oxygen atoms in total. The highest BCUT2D eigenvalue weighted by atomic mass is 16.5. The molecule has 0 bridgehead atoms. The topological polar surface area (TPSA) is 81.4 Å². The van der Waals surface area contributed by atoms with Gasteiger partial charge in [-0.05, 0) is 46.1 Å². The number of likely N-dealkylation sites (tertiary alicyclic amines) is 1. The van der Waals surface area contributed by atoms with Crippen LogP contribution in [0.5, 0.6) is 5.88 Å². The van der Waals surface area contributed by atoms with E-state index in [-0.39, 0.29) is 12.0 Å². The van der Waals surface area contributed by atoms with E-state index in [0.717, 1.165) is 42.1 Å². The zero-order valence-corrected chi connectivity index (χ0v) is 15.0. The zero-order valence-electron chi connectivity index (χ0n) is 15.0. The molecular formula is C18H24N4O3. The van der Waals surface area contributed by atoms with Crippen LogP contribution in [0.1, 0.15) is 42.0 Å². The van der Waals surface area contributed by atoms with Gasteiger partial charge in [-0.15, -0.1) is 5.10 Å². The van der Waals surface area contributed by atoms with Crippen molar-refractivity contribution in [3.05, 3.63) is 34.8 Å². The Bertz CT molecular complexity index is 707. The lowest BCUT2D eigenvalue weighted by atomic mass is 10.1. The maximum atomic E-state index is 12.5. The molecule has 1 fully saturated rings. The molecule has 0 saturated carbocycles. The molecule has 3 heterocycles. The zero-order chi connectivity index (χ0) is 17.8. The molecule has 25 heavy (non-hydrogen) atoms. The lowest BCUT2D eigenvalue weighted by Crippen LogP contribution is -2.44. The number of hydrogen-bond donors (Lipinski definition) is 0. The monoisotopic (exact) mass is 344 g/mol. The molecule has 3 rings (SSSR count). The Balaban J connectivity index is 1.53. The number of carbonyl (C=O) groups excluding carboxylic acids is 1. The van der Waals surface area contributed by atoms with Crippen LogP contribution in [-0.2, 0) is 11.2 Å². The summed E-state index contributed by atoms with van der Waals surface area (Å²) in [7, 11) is 0. The predicted octanol–water partition coefficient (Wildman–Crippen LogP) is 2.39. The van der Waals surface area contributed by atoms with E-state index in [9.17, 15) is 4.79 Å². The van der Waals surface area contributed by atoms with E-state index in [0.29, 0.717) is 25.3 Å². The van der Waals surface area contributed by atoms with Gasteiger partial charge in [0.1, 0.15) is 11.9 Å². The lowest BCUT2D eigenvalue weighted by molar-refractivity contribution is -0.133. The molecule has 0 radical (unpaired) electrons. The summed E-state index contributed by atoms with van der Waals surface area (Å²) < 4.78 is 11.0. The van der Waals surface area contributed by atoms with E-state index < -0.39 is 0 Å². The summed E-state index contributed by atoms with van der Waals surface area (Å²) in [5, 5.41) is 12.0. The molecule has 0 aromatic carbocycles. The average molecular weight is 344 g/mol. The second kappa shape index (κ2) is 7.63. The quantitative estimate of drug-likeness (QED) is 0.828. The first kappa shape index (κ1) is 17.4. The number of hydrogen-bond acceptors (Lipinski definition) is 6. The van der Waals surface area contributed by atoms with E-state index in [1.807, 2.05) is 37.8 Å². The average Bonchev–Trinajstić information content (AvgIpc) is 2.93.